The summed E-state index contributed by atoms with van der Waals surface area (Å²) in [6.07, 6.45) is 5.01. The summed E-state index contributed by atoms with van der Waals surface area (Å²) in [6, 6.07) is 0. The molecule has 2 heterocycles. The standard InChI is InChI=1S/C12H14BrN5O2/c1-8-5-16-17(7-8)4-3-14-12-11(13)9(2)10(6-15-12)18(19)20/h5-7H,3-4H2,1-2H3,(H,14,15). The van der Waals surface area contributed by atoms with Crippen LogP contribution in [0.3, 0.4) is 0 Å². The fourth-order valence-electron chi connectivity index (χ4n) is 1.75. The van der Waals surface area contributed by atoms with Crippen LogP contribution in [-0.4, -0.2) is 26.2 Å². The van der Waals surface area contributed by atoms with Crippen molar-refractivity contribution in [2.75, 3.05) is 11.9 Å². The van der Waals surface area contributed by atoms with Gasteiger partial charge in [-0.1, -0.05) is 0 Å². The molecule has 0 aliphatic heterocycles. The monoisotopic (exact) mass is 339 g/mol. The summed E-state index contributed by atoms with van der Waals surface area (Å²) in [6.45, 7) is 4.99. The molecule has 20 heavy (non-hydrogen) atoms. The number of anilines is 1. The van der Waals surface area contributed by atoms with Crippen molar-refractivity contribution in [3.05, 3.63) is 44.3 Å². The maximum absolute atomic E-state index is 10.8. The van der Waals surface area contributed by atoms with Crippen LogP contribution in [0.15, 0.2) is 23.1 Å². The molecular formula is C12H14BrN5O2. The van der Waals surface area contributed by atoms with Crippen LogP contribution in [0.2, 0.25) is 0 Å². The first-order chi connectivity index (χ1) is 9.49. The number of nitro groups is 1. The second kappa shape index (κ2) is 6.00. The Morgan fingerprint density at radius 1 is 1.45 bits per heavy atom. The van der Waals surface area contributed by atoms with Crippen LogP contribution < -0.4 is 5.32 Å². The van der Waals surface area contributed by atoms with Crippen LogP contribution in [0, 0.1) is 24.0 Å². The summed E-state index contributed by atoms with van der Waals surface area (Å²) in [5, 5.41) is 18.1. The molecule has 8 heteroatoms. The van der Waals surface area contributed by atoms with Gasteiger partial charge in [-0.15, -0.1) is 0 Å². The van der Waals surface area contributed by atoms with Gasteiger partial charge in [-0.05, 0) is 35.3 Å². The average molecular weight is 340 g/mol. The van der Waals surface area contributed by atoms with Crippen LogP contribution in [0.1, 0.15) is 11.1 Å². The van der Waals surface area contributed by atoms with Gasteiger partial charge in [0.05, 0.1) is 22.1 Å². The number of hydrogen-bond donors (Lipinski definition) is 1. The summed E-state index contributed by atoms with van der Waals surface area (Å²) >= 11 is 3.34. The van der Waals surface area contributed by atoms with Gasteiger partial charge in [0.25, 0.3) is 5.69 Å². The van der Waals surface area contributed by atoms with Gasteiger partial charge < -0.3 is 5.32 Å². The first-order valence-corrected chi connectivity index (χ1v) is 6.80. The first kappa shape index (κ1) is 14.4. The molecule has 0 bridgehead atoms. The predicted octanol–water partition coefficient (Wildman–Crippen LogP) is 2.68. The van der Waals surface area contributed by atoms with Crippen molar-refractivity contribution in [3.8, 4) is 0 Å². The molecule has 0 fully saturated rings. The summed E-state index contributed by atoms with van der Waals surface area (Å²) in [7, 11) is 0. The van der Waals surface area contributed by atoms with Gasteiger partial charge in [0.15, 0.2) is 0 Å². The smallest absolute Gasteiger partial charge is 0.291 e. The van der Waals surface area contributed by atoms with E-state index in [0.29, 0.717) is 28.9 Å². The lowest BCUT2D eigenvalue weighted by atomic mass is 10.2. The van der Waals surface area contributed by atoms with Gasteiger partial charge in [-0.2, -0.15) is 5.10 Å². The molecule has 2 aromatic heterocycles. The lowest BCUT2D eigenvalue weighted by Gasteiger charge is -2.09. The van der Waals surface area contributed by atoms with Crippen molar-refractivity contribution in [1.29, 1.82) is 0 Å². The molecule has 0 atom stereocenters. The second-order valence-corrected chi connectivity index (χ2v) is 5.19. The van der Waals surface area contributed by atoms with Crippen LogP contribution in [0.4, 0.5) is 11.5 Å². The SMILES string of the molecule is Cc1cnn(CCNc2ncc([N+](=O)[O-])c(C)c2Br)c1. The Kier molecular flexibility index (Phi) is 4.33. The number of aryl methyl sites for hydroxylation is 1. The van der Waals surface area contributed by atoms with E-state index in [9.17, 15) is 10.1 Å². The largest absolute Gasteiger partial charge is 0.367 e. The van der Waals surface area contributed by atoms with Crippen molar-refractivity contribution in [1.82, 2.24) is 14.8 Å². The van der Waals surface area contributed by atoms with Crippen molar-refractivity contribution in [2.45, 2.75) is 20.4 Å². The molecule has 0 aromatic carbocycles. The van der Waals surface area contributed by atoms with E-state index >= 15 is 0 Å². The molecule has 106 valence electrons. The van der Waals surface area contributed by atoms with E-state index in [-0.39, 0.29) is 5.69 Å². The Morgan fingerprint density at radius 2 is 2.20 bits per heavy atom. The van der Waals surface area contributed by atoms with Gasteiger partial charge in [0.1, 0.15) is 12.0 Å². The Hall–Kier alpha value is -1.96. The molecule has 0 saturated carbocycles. The number of halogens is 1. The number of rotatable bonds is 5. The van der Waals surface area contributed by atoms with Gasteiger partial charge in [-0.3, -0.25) is 14.8 Å². The summed E-state index contributed by atoms with van der Waals surface area (Å²) < 4.78 is 2.44. The molecule has 0 radical (unpaired) electrons. The van der Waals surface area contributed by atoms with Crippen LogP contribution in [0.25, 0.3) is 0 Å². The van der Waals surface area contributed by atoms with E-state index in [2.05, 4.69) is 31.3 Å². The van der Waals surface area contributed by atoms with Crippen molar-refractivity contribution in [2.24, 2.45) is 0 Å². The third kappa shape index (κ3) is 3.13. The fraction of sp³-hybridized carbons (Fsp3) is 0.333. The molecule has 1 N–H and O–H groups in total. The molecule has 0 unspecified atom stereocenters. The third-order valence-corrected chi connectivity index (χ3v) is 3.80. The Labute approximate surface area is 124 Å². The molecule has 0 aliphatic rings. The van der Waals surface area contributed by atoms with Crippen LogP contribution >= 0.6 is 15.9 Å². The number of hydrogen-bond acceptors (Lipinski definition) is 5. The molecule has 0 amide bonds. The first-order valence-electron chi connectivity index (χ1n) is 6.01. The third-order valence-electron chi connectivity index (χ3n) is 2.83. The Balaban J connectivity index is 2.03. The maximum atomic E-state index is 10.8. The van der Waals surface area contributed by atoms with E-state index in [1.54, 1.807) is 13.1 Å². The normalized spacial score (nSPS) is 10.6. The molecule has 2 aromatic rings. The lowest BCUT2D eigenvalue weighted by Crippen LogP contribution is -2.12. The summed E-state index contributed by atoms with van der Waals surface area (Å²) in [4.78, 5) is 14.4. The molecule has 2 rings (SSSR count). The van der Waals surface area contributed by atoms with E-state index in [4.69, 9.17) is 0 Å². The number of nitrogens with zero attached hydrogens (tertiary/aromatic N) is 4. The molecule has 7 nitrogen and oxygen atoms in total. The van der Waals surface area contributed by atoms with E-state index in [0.717, 1.165) is 5.56 Å². The van der Waals surface area contributed by atoms with Gasteiger partial charge >= 0.3 is 0 Å². The summed E-state index contributed by atoms with van der Waals surface area (Å²) in [5.74, 6) is 0.594. The lowest BCUT2D eigenvalue weighted by molar-refractivity contribution is -0.385. The van der Waals surface area contributed by atoms with E-state index in [1.165, 1.54) is 6.20 Å². The second-order valence-electron chi connectivity index (χ2n) is 4.40. The number of pyridine rings is 1. The number of aromatic nitrogens is 3. The molecule has 0 spiro atoms. The van der Waals surface area contributed by atoms with Crippen LogP contribution in [-0.2, 0) is 6.54 Å². The highest BCUT2D eigenvalue weighted by Gasteiger charge is 2.16. The summed E-state index contributed by atoms with van der Waals surface area (Å²) in [5.41, 5.74) is 1.67. The highest BCUT2D eigenvalue weighted by Crippen LogP contribution is 2.30. The highest BCUT2D eigenvalue weighted by atomic mass is 79.9. The maximum Gasteiger partial charge on any atom is 0.291 e. The molecule has 0 saturated heterocycles. The minimum Gasteiger partial charge on any atom is -0.367 e. The molecule has 0 aliphatic carbocycles. The zero-order valence-corrected chi connectivity index (χ0v) is 12.7. The zero-order valence-electron chi connectivity index (χ0n) is 11.1. The minimum absolute atomic E-state index is 0.00475. The zero-order chi connectivity index (χ0) is 14.7. The fourth-order valence-corrected chi connectivity index (χ4v) is 2.20. The van der Waals surface area contributed by atoms with E-state index in [1.807, 2.05) is 17.8 Å². The van der Waals surface area contributed by atoms with Gasteiger partial charge in [0.2, 0.25) is 0 Å². The topological polar surface area (TPSA) is 85.9 Å². The van der Waals surface area contributed by atoms with Crippen molar-refractivity contribution >= 4 is 27.4 Å². The highest BCUT2D eigenvalue weighted by molar-refractivity contribution is 9.10. The van der Waals surface area contributed by atoms with Crippen molar-refractivity contribution in [3.63, 3.8) is 0 Å². The quantitative estimate of drug-likeness (QED) is 0.668. The molecular weight excluding hydrogens is 326 g/mol. The minimum atomic E-state index is -0.441. The Bertz CT molecular complexity index is 641. The van der Waals surface area contributed by atoms with Gasteiger partial charge in [0, 0.05) is 18.3 Å². The Morgan fingerprint density at radius 3 is 2.80 bits per heavy atom. The van der Waals surface area contributed by atoms with Crippen molar-refractivity contribution < 1.29 is 4.92 Å². The predicted molar refractivity (Wildman–Crippen MR) is 78.8 cm³/mol. The average Bonchev–Trinajstić information content (AvgIpc) is 2.80. The number of nitrogens with one attached hydrogen (secondary N) is 1. The van der Waals surface area contributed by atoms with Crippen LogP contribution in [0.5, 0.6) is 0 Å². The van der Waals surface area contributed by atoms with Gasteiger partial charge in [-0.25, -0.2) is 4.98 Å². The van der Waals surface area contributed by atoms with E-state index < -0.39 is 4.92 Å².